The summed E-state index contributed by atoms with van der Waals surface area (Å²) in [5, 5.41) is 3.27. The number of nitrogens with one attached hydrogen (secondary N) is 1. The van der Waals surface area contributed by atoms with Crippen molar-refractivity contribution in [3.8, 4) is 5.88 Å². The average molecular weight is 208 g/mol. The number of hydrogen-bond donors (Lipinski definition) is 1. The molecule has 3 nitrogen and oxygen atoms in total. The van der Waals surface area contributed by atoms with Gasteiger partial charge in [-0.15, -0.1) is 0 Å². The van der Waals surface area contributed by atoms with Crippen LogP contribution in [-0.4, -0.2) is 17.1 Å². The minimum absolute atomic E-state index is 0.199. The van der Waals surface area contributed by atoms with E-state index in [-0.39, 0.29) is 5.60 Å². The van der Waals surface area contributed by atoms with Gasteiger partial charge in [-0.2, -0.15) is 0 Å². The first-order valence-electron chi connectivity index (χ1n) is 5.36. The van der Waals surface area contributed by atoms with E-state index in [0.29, 0.717) is 0 Å². The zero-order valence-corrected chi connectivity index (χ0v) is 10.0. The van der Waals surface area contributed by atoms with Crippen molar-refractivity contribution < 1.29 is 4.74 Å². The minimum Gasteiger partial charge on any atom is -0.472 e. The van der Waals surface area contributed by atoms with Crippen LogP contribution in [0.4, 0.5) is 0 Å². The van der Waals surface area contributed by atoms with Crippen LogP contribution in [0.1, 0.15) is 33.3 Å². The Morgan fingerprint density at radius 1 is 1.40 bits per heavy atom. The number of hydrogen-bond acceptors (Lipinski definition) is 3. The predicted molar refractivity (Wildman–Crippen MR) is 62.0 cm³/mol. The lowest BCUT2D eigenvalue weighted by Gasteiger charge is -2.22. The zero-order chi connectivity index (χ0) is 11.3. The van der Waals surface area contributed by atoms with E-state index in [4.69, 9.17) is 4.74 Å². The topological polar surface area (TPSA) is 34.2 Å². The standard InChI is InChI=1S/C12H20N2O/c1-5-13-9-10-7-6-8-14-11(10)15-12(2,3)4/h6-8,13H,5,9H2,1-4H3. The van der Waals surface area contributed by atoms with Crippen LogP contribution in [0.15, 0.2) is 18.3 Å². The summed E-state index contributed by atoms with van der Waals surface area (Å²) in [5.41, 5.74) is 0.907. The van der Waals surface area contributed by atoms with Gasteiger partial charge < -0.3 is 10.1 Å². The van der Waals surface area contributed by atoms with Gasteiger partial charge in [-0.1, -0.05) is 13.0 Å². The summed E-state index contributed by atoms with van der Waals surface area (Å²) in [4.78, 5) is 4.25. The number of ether oxygens (including phenoxy) is 1. The Bertz CT molecular complexity index is 305. The minimum atomic E-state index is -0.199. The van der Waals surface area contributed by atoms with E-state index in [0.717, 1.165) is 24.5 Å². The van der Waals surface area contributed by atoms with Gasteiger partial charge in [0.25, 0.3) is 0 Å². The van der Waals surface area contributed by atoms with Crippen LogP contribution >= 0.6 is 0 Å². The Morgan fingerprint density at radius 2 is 2.13 bits per heavy atom. The molecule has 0 saturated carbocycles. The fourth-order valence-corrected chi connectivity index (χ4v) is 1.20. The quantitative estimate of drug-likeness (QED) is 0.824. The van der Waals surface area contributed by atoms with Gasteiger partial charge in [0, 0.05) is 18.3 Å². The third-order valence-electron chi connectivity index (χ3n) is 1.82. The van der Waals surface area contributed by atoms with E-state index in [1.165, 1.54) is 0 Å². The lowest BCUT2D eigenvalue weighted by Crippen LogP contribution is -2.25. The van der Waals surface area contributed by atoms with Crippen molar-refractivity contribution in [3.05, 3.63) is 23.9 Å². The molecule has 0 aromatic carbocycles. The lowest BCUT2D eigenvalue weighted by atomic mass is 10.2. The molecule has 0 aliphatic heterocycles. The number of nitrogens with zero attached hydrogens (tertiary/aromatic N) is 1. The molecule has 84 valence electrons. The molecule has 1 aromatic rings. The van der Waals surface area contributed by atoms with Gasteiger partial charge in [0.2, 0.25) is 5.88 Å². The van der Waals surface area contributed by atoms with Crippen LogP contribution in [0.3, 0.4) is 0 Å². The van der Waals surface area contributed by atoms with Crippen LogP contribution in [-0.2, 0) is 6.54 Å². The third-order valence-corrected chi connectivity index (χ3v) is 1.82. The number of aromatic nitrogens is 1. The molecule has 0 unspecified atom stereocenters. The Morgan fingerprint density at radius 3 is 2.73 bits per heavy atom. The van der Waals surface area contributed by atoms with Gasteiger partial charge in [-0.05, 0) is 33.4 Å². The number of pyridine rings is 1. The smallest absolute Gasteiger partial charge is 0.218 e. The molecule has 1 aromatic heterocycles. The largest absolute Gasteiger partial charge is 0.472 e. The molecule has 0 aliphatic carbocycles. The molecule has 1 heterocycles. The molecule has 0 bridgehead atoms. The van der Waals surface area contributed by atoms with Gasteiger partial charge in [0.1, 0.15) is 5.60 Å². The lowest BCUT2D eigenvalue weighted by molar-refractivity contribution is 0.122. The Labute approximate surface area is 91.9 Å². The highest BCUT2D eigenvalue weighted by atomic mass is 16.5. The van der Waals surface area contributed by atoms with Crippen molar-refractivity contribution in [2.45, 2.75) is 39.8 Å². The van der Waals surface area contributed by atoms with Gasteiger partial charge >= 0.3 is 0 Å². The van der Waals surface area contributed by atoms with E-state index in [9.17, 15) is 0 Å². The molecule has 0 amide bonds. The van der Waals surface area contributed by atoms with E-state index in [1.807, 2.05) is 32.9 Å². The molecule has 0 saturated heterocycles. The van der Waals surface area contributed by atoms with Crippen molar-refractivity contribution in [3.63, 3.8) is 0 Å². The maximum Gasteiger partial charge on any atom is 0.218 e. The molecule has 0 spiro atoms. The first kappa shape index (κ1) is 12.0. The molecule has 0 aliphatic rings. The second kappa shape index (κ2) is 5.12. The van der Waals surface area contributed by atoms with Crippen LogP contribution in [0.5, 0.6) is 5.88 Å². The molecule has 0 radical (unpaired) electrons. The second-order valence-corrected chi connectivity index (χ2v) is 4.46. The van der Waals surface area contributed by atoms with Gasteiger partial charge in [0.05, 0.1) is 0 Å². The maximum atomic E-state index is 5.78. The second-order valence-electron chi connectivity index (χ2n) is 4.46. The highest BCUT2D eigenvalue weighted by molar-refractivity contribution is 5.25. The van der Waals surface area contributed by atoms with Crippen molar-refractivity contribution in [2.75, 3.05) is 6.54 Å². The van der Waals surface area contributed by atoms with Crippen molar-refractivity contribution in [1.82, 2.24) is 10.3 Å². The number of rotatable bonds is 4. The Kier molecular flexibility index (Phi) is 4.09. The van der Waals surface area contributed by atoms with Crippen molar-refractivity contribution in [1.29, 1.82) is 0 Å². The summed E-state index contributed by atoms with van der Waals surface area (Å²) < 4.78 is 5.78. The summed E-state index contributed by atoms with van der Waals surface area (Å²) in [6.07, 6.45) is 1.76. The predicted octanol–water partition coefficient (Wildman–Crippen LogP) is 2.37. The third kappa shape index (κ3) is 4.30. The summed E-state index contributed by atoms with van der Waals surface area (Å²) >= 11 is 0. The average Bonchev–Trinajstić information content (AvgIpc) is 2.14. The van der Waals surface area contributed by atoms with E-state index < -0.39 is 0 Å². The Hall–Kier alpha value is -1.09. The molecule has 1 rings (SSSR count). The normalized spacial score (nSPS) is 11.5. The highest BCUT2D eigenvalue weighted by Gasteiger charge is 2.14. The van der Waals surface area contributed by atoms with Gasteiger partial charge in [-0.25, -0.2) is 4.98 Å². The summed E-state index contributed by atoms with van der Waals surface area (Å²) in [6, 6.07) is 3.97. The SMILES string of the molecule is CCNCc1cccnc1OC(C)(C)C. The monoisotopic (exact) mass is 208 g/mol. The molecule has 0 fully saturated rings. The molecule has 1 N–H and O–H groups in total. The van der Waals surface area contributed by atoms with E-state index >= 15 is 0 Å². The molecule has 0 atom stereocenters. The highest BCUT2D eigenvalue weighted by Crippen LogP contribution is 2.19. The zero-order valence-electron chi connectivity index (χ0n) is 10.0. The maximum absolute atomic E-state index is 5.78. The van der Waals surface area contributed by atoms with Crippen LogP contribution in [0, 0.1) is 0 Å². The van der Waals surface area contributed by atoms with Crippen LogP contribution < -0.4 is 10.1 Å². The first-order valence-corrected chi connectivity index (χ1v) is 5.36. The summed E-state index contributed by atoms with van der Waals surface area (Å²) in [7, 11) is 0. The van der Waals surface area contributed by atoms with E-state index in [2.05, 4.69) is 17.2 Å². The first-order chi connectivity index (χ1) is 7.03. The fourth-order valence-electron chi connectivity index (χ4n) is 1.20. The van der Waals surface area contributed by atoms with Crippen molar-refractivity contribution in [2.24, 2.45) is 0 Å². The summed E-state index contributed by atoms with van der Waals surface area (Å²) in [6.45, 7) is 9.91. The van der Waals surface area contributed by atoms with Crippen LogP contribution in [0.2, 0.25) is 0 Å². The van der Waals surface area contributed by atoms with Gasteiger partial charge in [-0.3, -0.25) is 0 Å². The fraction of sp³-hybridized carbons (Fsp3) is 0.583. The Balaban J connectivity index is 2.77. The van der Waals surface area contributed by atoms with Gasteiger partial charge in [0.15, 0.2) is 0 Å². The molecular weight excluding hydrogens is 188 g/mol. The molecule has 3 heteroatoms. The van der Waals surface area contributed by atoms with E-state index in [1.54, 1.807) is 6.20 Å². The molecular formula is C12H20N2O. The van der Waals surface area contributed by atoms with Crippen molar-refractivity contribution >= 4 is 0 Å². The summed E-state index contributed by atoms with van der Waals surface area (Å²) in [5.74, 6) is 0.728. The molecule has 15 heavy (non-hydrogen) atoms. The van der Waals surface area contributed by atoms with Crippen LogP contribution in [0.25, 0.3) is 0 Å².